The standard InChI is InChI=1S/C20H17ClN2O3/c1-13-18(20(25)26-2)17(10-14-5-7-16(21)8-6-14)19(24)23(13)12-15-4-3-9-22-11-15/h3-11H,12H2,1-2H3. The first kappa shape index (κ1) is 17.9. The van der Waals surface area contributed by atoms with Gasteiger partial charge in [-0.1, -0.05) is 29.8 Å². The van der Waals surface area contributed by atoms with Gasteiger partial charge in [-0.25, -0.2) is 4.79 Å². The van der Waals surface area contributed by atoms with Crippen LogP contribution in [0.15, 0.2) is 65.6 Å². The highest BCUT2D eigenvalue weighted by Gasteiger charge is 2.36. The smallest absolute Gasteiger partial charge is 0.340 e. The maximum Gasteiger partial charge on any atom is 0.340 e. The van der Waals surface area contributed by atoms with Gasteiger partial charge >= 0.3 is 5.97 Å². The van der Waals surface area contributed by atoms with Gasteiger partial charge in [0.2, 0.25) is 0 Å². The van der Waals surface area contributed by atoms with E-state index in [-0.39, 0.29) is 11.5 Å². The molecule has 6 heteroatoms. The minimum atomic E-state index is -0.537. The molecule has 1 aromatic heterocycles. The summed E-state index contributed by atoms with van der Waals surface area (Å²) in [5.41, 5.74) is 2.79. The molecule has 0 unspecified atom stereocenters. The lowest BCUT2D eigenvalue weighted by Crippen LogP contribution is -2.24. The van der Waals surface area contributed by atoms with Crippen LogP contribution in [0.1, 0.15) is 18.1 Å². The molecule has 0 bridgehead atoms. The zero-order valence-corrected chi connectivity index (χ0v) is 15.2. The van der Waals surface area contributed by atoms with Gasteiger partial charge in [-0.2, -0.15) is 0 Å². The number of allylic oxidation sites excluding steroid dienone is 1. The number of pyridine rings is 1. The van der Waals surface area contributed by atoms with E-state index in [1.807, 2.05) is 6.07 Å². The maximum absolute atomic E-state index is 13.0. The molecule has 5 nitrogen and oxygen atoms in total. The highest BCUT2D eigenvalue weighted by Crippen LogP contribution is 2.32. The highest BCUT2D eigenvalue weighted by molar-refractivity contribution is 6.30. The molecule has 1 aliphatic rings. The predicted molar refractivity (Wildman–Crippen MR) is 98.9 cm³/mol. The summed E-state index contributed by atoms with van der Waals surface area (Å²) in [5.74, 6) is -0.786. The maximum atomic E-state index is 13.0. The van der Waals surface area contributed by atoms with Crippen LogP contribution in [0.3, 0.4) is 0 Å². The Kier molecular flexibility index (Phi) is 5.19. The molecule has 132 valence electrons. The zero-order valence-electron chi connectivity index (χ0n) is 14.4. The Bertz CT molecular complexity index is 902. The van der Waals surface area contributed by atoms with Crippen molar-refractivity contribution in [2.45, 2.75) is 13.5 Å². The zero-order chi connectivity index (χ0) is 18.7. The van der Waals surface area contributed by atoms with E-state index in [2.05, 4.69) is 4.98 Å². The van der Waals surface area contributed by atoms with Gasteiger partial charge in [-0.15, -0.1) is 0 Å². The molecule has 0 saturated carbocycles. The highest BCUT2D eigenvalue weighted by atomic mass is 35.5. The van der Waals surface area contributed by atoms with Crippen LogP contribution in [-0.4, -0.2) is 28.9 Å². The van der Waals surface area contributed by atoms with Crippen molar-refractivity contribution in [2.24, 2.45) is 0 Å². The normalized spacial score (nSPS) is 15.7. The number of esters is 1. The Morgan fingerprint density at radius 2 is 2.00 bits per heavy atom. The fraction of sp³-hybridized carbons (Fsp3) is 0.150. The van der Waals surface area contributed by atoms with Gasteiger partial charge in [-0.3, -0.25) is 9.78 Å². The Hall–Kier alpha value is -2.92. The number of amides is 1. The Morgan fingerprint density at radius 3 is 2.62 bits per heavy atom. The average molecular weight is 369 g/mol. The number of hydrogen-bond donors (Lipinski definition) is 0. The van der Waals surface area contributed by atoms with Gasteiger partial charge in [0, 0.05) is 23.1 Å². The van der Waals surface area contributed by atoms with Gasteiger partial charge in [-0.05, 0) is 42.3 Å². The fourth-order valence-corrected chi connectivity index (χ4v) is 2.94. The first-order chi connectivity index (χ1) is 12.5. The predicted octanol–water partition coefficient (Wildman–Crippen LogP) is 3.61. The van der Waals surface area contributed by atoms with Gasteiger partial charge in [0.25, 0.3) is 5.91 Å². The van der Waals surface area contributed by atoms with E-state index in [0.29, 0.717) is 22.8 Å². The molecule has 0 N–H and O–H groups in total. The van der Waals surface area contributed by atoms with Crippen molar-refractivity contribution >= 4 is 29.6 Å². The molecule has 2 aromatic rings. The molecular formula is C20H17ClN2O3. The first-order valence-electron chi connectivity index (χ1n) is 7.99. The largest absolute Gasteiger partial charge is 0.465 e. The summed E-state index contributed by atoms with van der Waals surface area (Å²) < 4.78 is 4.89. The average Bonchev–Trinajstić information content (AvgIpc) is 2.88. The second-order valence-electron chi connectivity index (χ2n) is 5.81. The van der Waals surface area contributed by atoms with Crippen molar-refractivity contribution in [3.05, 3.63) is 81.8 Å². The van der Waals surface area contributed by atoms with Crippen molar-refractivity contribution in [3.63, 3.8) is 0 Å². The summed E-state index contributed by atoms with van der Waals surface area (Å²) in [5, 5.41) is 0.600. The lowest BCUT2D eigenvalue weighted by atomic mass is 10.0. The molecule has 1 aromatic carbocycles. The summed E-state index contributed by atoms with van der Waals surface area (Å²) >= 11 is 5.91. The van der Waals surface area contributed by atoms with Gasteiger partial charge in [0.1, 0.15) is 0 Å². The molecule has 26 heavy (non-hydrogen) atoms. The van der Waals surface area contributed by atoms with Crippen LogP contribution in [-0.2, 0) is 20.9 Å². The van der Waals surface area contributed by atoms with Crippen LogP contribution in [0.5, 0.6) is 0 Å². The van der Waals surface area contributed by atoms with E-state index in [4.69, 9.17) is 16.3 Å². The lowest BCUT2D eigenvalue weighted by molar-refractivity contribution is -0.136. The lowest BCUT2D eigenvalue weighted by Gasteiger charge is -2.17. The number of carbonyl (C=O) groups excluding carboxylic acids is 2. The summed E-state index contributed by atoms with van der Waals surface area (Å²) in [6.07, 6.45) is 5.04. The number of benzene rings is 1. The van der Waals surface area contributed by atoms with E-state index in [9.17, 15) is 9.59 Å². The van der Waals surface area contributed by atoms with Crippen LogP contribution >= 0.6 is 11.6 Å². The van der Waals surface area contributed by atoms with Crippen LogP contribution in [0.25, 0.3) is 6.08 Å². The fourth-order valence-electron chi connectivity index (χ4n) is 2.82. The van der Waals surface area contributed by atoms with Crippen LogP contribution in [0.4, 0.5) is 0 Å². The monoisotopic (exact) mass is 368 g/mol. The molecule has 0 fully saturated rings. The molecule has 0 atom stereocenters. The number of ether oxygens (including phenoxy) is 1. The number of halogens is 1. The Balaban J connectivity index is 2.02. The molecular weight excluding hydrogens is 352 g/mol. The minimum absolute atomic E-state index is 0.248. The van der Waals surface area contributed by atoms with Crippen molar-refractivity contribution in [1.82, 2.24) is 9.88 Å². The van der Waals surface area contributed by atoms with E-state index in [0.717, 1.165) is 11.1 Å². The molecule has 1 amide bonds. The van der Waals surface area contributed by atoms with E-state index >= 15 is 0 Å². The third-order valence-electron chi connectivity index (χ3n) is 4.15. The number of carbonyl (C=O) groups is 2. The Morgan fingerprint density at radius 1 is 1.27 bits per heavy atom. The van der Waals surface area contributed by atoms with Crippen LogP contribution < -0.4 is 0 Å². The topological polar surface area (TPSA) is 59.5 Å². The van der Waals surface area contributed by atoms with E-state index in [1.54, 1.807) is 60.6 Å². The molecule has 1 aliphatic heterocycles. The number of hydrogen-bond acceptors (Lipinski definition) is 4. The SMILES string of the molecule is COC(=O)C1=C(C)N(Cc2cccnc2)C(=O)C1=Cc1ccc(Cl)cc1. The van der Waals surface area contributed by atoms with Crippen molar-refractivity contribution in [1.29, 1.82) is 0 Å². The molecule has 2 heterocycles. The van der Waals surface area contributed by atoms with Gasteiger partial charge in [0.15, 0.2) is 0 Å². The number of methoxy groups -OCH3 is 1. The molecule has 0 aliphatic carbocycles. The van der Waals surface area contributed by atoms with Crippen molar-refractivity contribution in [2.75, 3.05) is 7.11 Å². The number of rotatable bonds is 4. The summed E-state index contributed by atoms with van der Waals surface area (Å²) in [6.45, 7) is 2.07. The number of nitrogens with zero attached hydrogens (tertiary/aromatic N) is 2. The second-order valence-corrected chi connectivity index (χ2v) is 6.25. The quantitative estimate of drug-likeness (QED) is 0.611. The van der Waals surface area contributed by atoms with Gasteiger partial charge in [0.05, 0.1) is 24.8 Å². The van der Waals surface area contributed by atoms with Gasteiger partial charge < -0.3 is 9.64 Å². The molecule has 0 spiro atoms. The summed E-state index contributed by atoms with van der Waals surface area (Å²) in [7, 11) is 1.30. The van der Waals surface area contributed by atoms with Crippen LogP contribution in [0, 0.1) is 0 Å². The van der Waals surface area contributed by atoms with Crippen molar-refractivity contribution < 1.29 is 14.3 Å². The first-order valence-corrected chi connectivity index (χ1v) is 8.36. The van der Waals surface area contributed by atoms with Crippen LogP contribution in [0.2, 0.25) is 5.02 Å². The van der Waals surface area contributed by atoms with E-state index in [1.165, 1.54) is 7.11 Å². The molecule has 0 radical (unpaired) electrons. The Labute approximate surface area is 156 Å². The summed E-state index contributed by atoms with van der Waals surface area (Å²) in [6, 6.07) is 10.7. The third kappa shape index (κ3) is 3.53. The van der Waals surface area contributed by atoms with Crippen molar-refractivity contribution in [3.8, 4) is 0 Å². The summed E-state index contributed by atoms with van der Waals surface area (Å²) in [4.78, 5) is 30.9. The molecule has 0 saturated heterocycles. The third-order valence-corrected chi connectivity index (χ3v) is 4.40. The van der Waals surface area contributed by atoms with E-state index < -0.39 is 5.97 Å². The number of aromatic nitrogens is 1. The second kappa shape index (κ2) is 7.54. The minimum Gasteiger partial charge on any atom is -0.465 e. The molecule has 3 rings (SSSR count).